The lowest BCUT2D eigenvalue weighted by Crippen LogP contribution is -2.30. The Hall–Kier alpha value is -1.07. The summed E-state index contributed by atoms with van der Waals surface area (Å²) in [6, 6.07) is 2.98. The number of nitrogens with one attached hydrogen (secondary N) is 1. The van der Waals surface area contributed by atoms with Crippen molar-refractivity contribution >= 4 is 17.4 Å². The SMILES string of the molecule is CCSC1CCC(NC(C)c2cnc3cc(C)nn3c2C)C1. The first-order valence-corrected chi connectivity index (χ1v) is 9.33. The zero-order chi connectivity index (χ0) is 15.7. The summed E-state index contributed by atoms with van der Waals surface area (Å²) < 4.78 is 1.97. The second kappa shape index (κ2) is 6.59. The monoisotopic (exact) mass is 318 g/mol. The van der Waals surface area contributed by atoms with E-state index >= 15 is 0 Å². The molecule has 1 aliphatic rings. The van der Waals surface area contributed by atoms with Gasteiger partial charge in [0.05, 0.1) is 5.69 Å². The van der Waals surface area contributed by atoms with Crippen molar-refractivity contribution < 1.29 is 0 Å². The molecule has 0 radical (unpaired) electrons. The molecule has 1 aliphatic carbocycles. The minimum absolute atomic E-state index is 0.316. The molecule has 0 aliphatic heterocycles. The van der Waals surface area contributed by atoms with Crippen LogP contribution in [0.25, 0.3) is 5.65 Å². The highest BCUT2D eigenvalue weighted by Crippen LogP contribution is 2.31. The number of hydrogen-bond donors (Lipinski definition) is 1. The first-order valence-electron chi connectivity index (χ1n) is 8.28. The van der Waals surface area contributed by atoms with Crippen molar-refractivity contribution in [1.82, 2.24) is 19.9 Å². The molecule has 0 bridgehead atoms. The van der Waals surface area contributed by atoms with Gasteiger partial charge in [0.15, 0.2) is 5.65 Å². The quantitative estimate of drug-likeness (QED) is 0.913. The molecule has 4 nitrogen and oxygen atoms in total. The molecule has 0 spiro atoms. The molecule has 3 unspecified atom stereocenters. The second-order valence-electron chi connectivity index (χ2n) is 6.33. The summed E-state index contributed by atoms with van der Waals surface area (Å²) in [4.78, 5) is 4.56. The molecular weight excluding hydrogens is 292 g/mol. The molecule has 5 heteroatoms. The van der Waals surface area contributed by atoms with Crippen LogP contribution in [-0.2, 0) is 0 Å². The molecule has 0 amide bonds. The van der Waals surface area contributed by atoms with Gasteiger partial charge in [-0.1, -0.05) is 6.92 Å². The van der Waals surface area contributed by atoms with Crippen molar-refractivity contribution in [3.05, 3.63) is 29.2 Å². The zero-order valence-electron chi connectivity index (χ0n) is 14.0. The van der Waals surface area contributed by atoms with E-state index in [-0.39, 0.29) is 0 Å². The van der Waals surface area contributed by atoms with Crippen molar-refractivity contribution in [1.29, 1.82) is 0 Å². The summed E-state index contributed by atoms with van der Waals surface area (Å²) in [5.74, 6) is 1.23. The second-order valence-corrected chi connectivity index (χ2v) is 7.91. The zero-order valence-corrected chi connectivity index (χ0v) is 14.8. The Kier molecular flexibility index (Phi) is 4.73. The van der Waals surface area contributed by atoms with Gasteiger partial charge < -0.3 is 5.32 Å². The van der Waals surface area contributed by atoms with Crippen LogP contribution in [0.4, 0.5) is 0 Å². The van der Waals surface area contributed by atoms with Crippen LogP contribution in [0, 0.1) is 13.8 Å². The van der Waals surface area contributed by atoms with Crippen molar-refractivity contribution in [2.75, 3.05) is 5.75 Å². The van der Waals surface area contributed by atoms with Crippen LogP contribution in [-0.4, -0.2) is 31.6 Å². The number of aromatic nitrogens is 3. The molecule has 0 aromatic carbocycles. The standard InChI is InChI=1S/C17H26N4S/c1-5-22-15-7-6-14(9-15)19-12(3)16-10-18-17-8-11(2)20-21(17)13(16)4/h8,10,12,14-15,19H,5-7,9H2,1-4H3. The van der Waals surface area contributed by atoms with E-state index < -0.39 is 0 Å². The fourth-order valence-corrected chi connectivity index (χ4v) is 4.67. The Balaban J connectivity index is 1.72. The van der Waals surface area contributed by atoms with E-state index in [9.17, 15) is 0 Å². The van der Waals surface area contributed by atoms with Gasteiger partial charge in [0.25, 0.3) is 0 Å². The van der Waals surface area contributed by atoms with E-state index in [0.717, 1.165) is 16.6 Å². The number of nitrogens with zero attached hydrogens (tertiary/aromatic N) is 3. The number of hydrogen-bond acceptors (Lipinski definition) is 4. The average molecular weight is 318 g/mol. The fourth-order valence-electron chi connectivity index (χ4n) is 3.52. The highest BCUT2D eigenvalue weighted by atomic mass is 32.2. The molecule has 2 aromatic rings. The minimum Gasteiger partial charge on any atom is -0.307 e. The number of aryl methyl sites for hydroxylation is 2. The molecule has 3 atom stereocenters. The van der Waals surface area contributed by atoms with Gasteiger partial charge in [0.2, 0.25) is 0 Å². The van der Waals surface area contributed by atoms with Crippen LogP contribution in [0.5, 0.6) is 0 Å². The fraction of sp³-hybridized carbons (Fsp3) is 0.647. The first kappa shape index (κ1) is 15.8. The third-order valence-electron chi connectivity index (χ3n) is 4.62. The third kappa shape index (κ3) is 3.15. The molecule has 2 aromatic heterocycles. The van der Waals surface area contributed by atoms with Gasteiger partial charge >= 0.3 is 0 Å². The Morgan fingerprint density at radius 2 is 2.23 bits per heavy atom. The van der Waals surface area contributed by atoms with Crippen LogP contribution in [0.1, 0.15) is 56.1 Å². The van der Waals surface area contributed by atoms with Gasteiger partial charge in [-0.2, -0.15) is 16.9 Å². The highest BCUT2D eigenvalue weighted by molar-refractivity contribution is 7.99. The van der Waals surface area contributed by atoms with Crippen LogP contribution in [0.2, 0.25) is 0 Å². The molecule has 1 N–H and O–H groups in total. The molecule has 22 heavy (non-hydrogen) atoms. The van der Waals surface area contributed by atoms with Crippen molar-refractivity contribution in [2.45, 2.75) is 64.3 Å². The predicted octanol–water partition coefficient (Wildman–Crippen LogP) is 3.67. The highest BCUT2D eigenvalue weighted by Gasteiger charge is 2.26. The molecular formula is C17H26N4S. The van der Waals surface area contributed by atoms with E-state index in [4.69, 9.17) is 0 Å². The number of fused-ring (bicyclic) bond motifs is 1. The lowest BCUT2D eigenvalue weighted by Gasteiger charge is -2.21. The van der Waals surface area contributed by atoms with Crippen molar-refractivity contribution in [3.63, 3.8) is 0 Å². The average Bonchev–Trinajstić information content (AvgIpc) is 3.06. The Morgan fingerprint density at radius 1 is 1.41 bits per heavy atom. The largest absolute Gasteiger partial charge is 0.307 e. The maximum Gasteiger partial charge on any atom is 0.155 e. The molecule has 2 heterocycles. The first-order chi connectivity index (χ1) is 10.6. The van der Waals surface area contributed by atoms with E-state index in [2.05, 4.69) is 47.9 Å². The van der Waals surface area contributed by atoms with Crippen LogP contribution < -0.4 is 5.32 Å². The molecule has 0 saturated heterocycles. The van der Waals surface area contributed by atoms with Gasteiger partial charge in [-0.15, -0.1) is 0 Å². The van der Waals surface area contributed by atoms with Gasteiger partial charge in [-0.05, 0) is 45.8 Å². The minimum atomic E-state index is 0.316. The third-order valence-corrected chi connectivity index (χ3v) is 5.86. The van der Waals surface area contributed by atoms with Crippen molar-refractivity contribution in [2.24, 2.45) is 0 Å². The molecule has 120 valence electrons. The molecule has 1 saturated carbocycles. The van der Waals surface area contributed by atoms with Crippen molar-refractivity contribution in [3.8, 4) is 0 Å². The molecule has 1 fully saturated rings. The smallest absolute Gasteiger partial charge is 0.155 e. The normalized spacial score (nSPS) is 23.3. The lowest BCUT2D eigenvalue weighted by molar-refractivity contribution is 0.458. The summed E-state index contributed by atoms with van der Waals surface area (Å²) in [6.07, 6.45) is 5.93. The Labute approximate surface area is 137 Å². The maximum absolute atomic E-state index is 4.56. The summed E-state index contributed by atoms with van der Waals surface area (Å²) in [5.41, 5.74) is 4.40. The van der Waals surface area contributed by atoms with Crippen LogP contribution in [0.3, 0.4) is 0 Å². The van der Waals surface area contributed by atoms with E-state index in [1.165, 1.54) is 36.3 Å². The summed E-state index contributed by atoms with van der Waals surface area (Å²) in [5, 5.41) is 9.19. The summed E-state index contributed by atoms with van der Waals surface area (Å²) in [7, 11) is 0. The Morgan fingerprint density at radius 3 is 3.00 bits per heavy atom. The van der Waals surface area contributed by atoms with E-state index in [0.29, 0.717) is 12.1 Å². The van der Waals surface area contributed by atoms with Gasteiger partial charge in [0, 0.05) is 40.9 Å². The Bertz CT molecular complexity index is 651. The lowest BCUT2D eigenvalue weighted by atomic mass is 10.1. The van der Waals surface area contributed by atoms with Gasteiger partial charge in [-0.3, -0.25) is 0 Å². The van der Waals surface area contributed by atoms with E-state index in [1.807, 2.05) is 23.7 Å². The predicted molar refractivity (Wildman–Crippen MR) is 93.6 cm³/mol. The van der Waals surface area contributed by atoms with E-state index in [1.54, 1.807) is 0 Å². The summed E-state index contributed by atoms with van der Waals surface area (Å²) in [6.45, 7) is 8.65. The topological polar surface area (TPSA) is 42.2 Å². The maximum atomic E-state index is 4.56. The molecule has 3 rings (SSSR count). The number of rotatable bonds is 5. The van der Waals surface area contributed by atoms with Crippen LogP contribution in [0.15, 0.2) is 12.3 Å². The van der Waals surface area contributed by atoms with Gasteiger partial charge in [0.1, 0.15) is 0 Å². The van der Waals surface area contributed by atoms with Crippen LogP contribution >= 0.6 is 11.8 Å². The summed E-state index contributed by atoms with van der Waals surface area (Å²) >= 11 is 2.11. The number of thioether (sulfide) groups is 1. The van der Waals surface area contributed by atoms with Gasteiger partial charge in [-0.25, -0.2) is 9.50 Å².